The zero-order chi connectivity index (χ0) is 15.8. The fourth-order valence-corrected chi connectivity index (χ4v) is 2.25. The summed E-state index contributed by atoms with van der Waals surface area (Å²) in [5.41, 5.74) is 7.41. The topological polar surface area (TPSA) is 39.7 Å². The van der Waals surface area contributed by atoms with Crippen LogP contribution in [0.1, 0.15) is 19.4 Å². The summed E-state index contributed by atoms with van der Waals surface area (Å²) in [6.45, 7) is 6.38. The van der Waals surface area contributed by atoms with E-state index in [1.165, 1.54) is 5.69 Å². The fourth-order valence-electron chi connectivity index (χ4n) is 2.25. The Morgan fingerprint density at radius 2 is 1.50 bits per heavy atom. The molecule has 22 heavy (non-hydrogen) atoms. The van der Waals surface area contributed by atoms with Gasteiger partial charge in [-0.2, -0.15) is 5.10 Å². The van der Waals surface area contributed by atoms with Crippen LogP contribution >= 0.6 is 0 Å². The van der Waals surface area contributed by atoms with E-state index in [2.05, 4.69) is 58.9 Å². The Morgan fingerprint density at radius 1 is 0.909 bits per heavy atom. The predicted molar refractivity (Wildman–Crippen MR) is 97.2 cm³/mol. The molecule has 2 aromatic carbocycles. The van der Waals surface area contributed by atoms with Crippen LogP contribution in [0, 0.1) is 0 Å². The summed E-state index contributed by atoms with van der Waals surface area (Å²) >= 11 is 0. The molecular formula is C18H24N4. The number of anilines is 3. The second-order valence-corrected chi connectivity index (χ2v) is 4.96. The minimum Gasteiger partial charge on any atom is -0.388 e. The maximum atomic E-state index is 4.27. The van der Waals surface area contributed by atoms with E-state index in [1.54, 1.807) is 0 Å². The van der Waals surface area contributed by atoms with E-state index in [1.807, 2.05) is 37.5 Å². The van der Waals surface area contributed by atoms with Crippen molar-refractivity contribution in [2.45, 2.75) is 13.8 Å². The van der Waals surface area contributed by atoms with Crippen molar-refractivity contribution < 1.29 is 0 Å². The number of benzene rings is 2. The van der Waals surface area contributed by atoms with Gasteiger partial charge in [0.2, 0.25) is 0 Å². The zero-order valence-electron chi connectivity index (χ0n) is 13.5. The molecular weight excluding hydrogens is 272 g/mol. The molecule has 4 nitrogen and oxygen atoms in total. The molecule has 2 aromatic rings. The summed E-state index contributed by atoms with van der Waals surface area (Å²) in [6, 6.07) is 16.4. The molecule has 0 spiro atoms. The predicted octanol–water partition coefficient (Wildman–Crippen LogP) is 4.02. The number of hydrogen-bond donors (Lipinski definition) is 2. The van der Waals surface area contributed by atoms with E-state index in [0.29, 0.717) is 0 Å². The second kappa shape index (κ2) is 8.08. The van der Waals surface area contributed by atoms with Gasteiger partial charge in [-0.3, -0.25) is 5.43 Å². The van der Waals surface area contributed by atoms with Gasteiger partial charge < -0.3 is 10.2 Å². The number of hydrogen-bond acceptors (Lipinski definition) is 4. The molecule has 0 unspecified atom stereocenters. The maximum Gasteiger partial charge on any atom is 0.0563 e. The van der Waals surface area contributed by atoms with Gasteiger partial charge in [0.25, 0.3) is 0 Å². The number of rotatable bonds is 7. The highest BCUT2D eigenvalue weighted by Gasteiger charge is 2.00. The van der Waals surface area contributed by atoms with Crippen molar-refractivity contribution in [1.82, 2.24) is 0 Å². The average molecular weight is 296 g/mol. The summed E-state index contributed by atoms with van der Waals surface area (Å²) in [5.74, 6) is 0. The average Bonchev–Trinajstić information content (AvgIpc) is 2.58. The van der Waals surface area contributed by atoms with Crippen molar-refractivity contribution in [3.63, 3.8) is 0 Å². The Balaban J connectivity index is 1.95. The summed E-state index contributed by atoms with van der Waals surface area (Å²) < 4.78 is 0. The molecule has 2 N–H and O–H groups in total. The first kappa shape index (κ1) is 15.9. The minimum absolute atomic E-state index is 0.968. The van der Waals surface area contributed by atoms with E-state index in [0.717, 1.165) is 30.0 Å². The van der Waals surface area contributed by atoms with Gasteiger partial charge in [-0.25, -0.2) is 0 Å². The van der Waals surface area contributed by atoms with Crippen molar-refractivity contribution in [1.29, 1.82) is 0 Å². The van der Waals surface area contributed by atoms with Gasteiger partial charge in [0, 0.05) is 31.5 Å². The monoisotopic (exact) mass is 296 g/mol. The van der Waals surface area contributed by atoms with E-state index in [4.69, 9.17) is 0 Å². The normalized spacial score (nSPS) is 10.7. The van der Waals surface area contributed by atoms with Crippen molar-refractivity contribution >= 4 is 23.3 Å². The number of hydrazone groups is 1. The van der Waals surface area contributed by atoms with Crippen LogP contribution in [0.3, 0.4) is 0 Å². The van der Waals surface area contributed by atoms with Gasteiger partial charge in [-0.1, -0.05) is 12.1 Å². The molecule has 0 bridgehead atoms. The van der Waals surface area contributed by atoms with Crippen LogP contribution in [0.15, 0.2) is 53.6 Å². The molecule has 0 heterocycles. The highest BCUT2D eigenvalue weighted by Crippen LogP contribution is 2.15. The largest absolute Gasteiger partial charge is 0.388 e. The fraction of sp³-hybridized carbons (Fsp3) is 0.278. The summed E-state index contributed by atoms with van der Waals surface area (Å²) in [5, 5.41) is 7.36. The quantitative estimate of drug-likeness (QED) is 0.599. The molecule has 116 valence electrons. The van der Waals surface area contributed by atoms with Crippen molar-refractivity contribution in [3.8, 4) is 0 Å². The van der Waals surface area contributed by atoms with E-state index in [-0.39, 0.29) is 0 Å². The molecule has 0 aliphatic heterocycles. The third kappa shape index (κ3) is 4.25. The van der Waals surface area contributed by atoms with Crippen molar-refractivity contribution in [3.05, 3.63) is 54.1 Å². The Bertz CT molecular complexity index is 583. The van der Waals surface area contributed by atoms with Crippen LogP contribution in [-0.2, 0) is 0 Å². The Morgan fingerprint density at radius 3 is 2.05 bits per heavy atom. The lowest BCUT2D eigenvalue weighted by Gasteiger charge is -2.20. The van der Waals surface area contributed by atoms with Crippen molar-refractivity contribution in [2.24, 2.45) is 5.10 Å². The standard InChI is InChI=1S/C18H24N4/c1-4-22(5-2)18-12-6-15(7-13-18)14-20-21-17-10-8-16(19-3)9-11-17/h6-14,19,21H,4-5H2,1-3H3/b20-14+. The molecule has 0 atom stereocenters. The molecule has 0 amide bonds. The molecule has 0 saturated carbocycles. The summed E-state index contributed by atoms with van der Waals surface area (Å²) in [6.07, 6.45) is 1.83. The molecule has 0 radical (unpaired) electrons. The summed E-state index contributed by atoms with van der Waals surface area (Å²) in [7, 11) is 1.91. The highest BCUT2D eigenvalue weighted by molar-refractivity contribution is 5.81. The SMILES string of the molecule is CCN(CC)c1ccc(/C=N/Nc2ccc(NC)cc2)cc1. The first-order valence-corrected chi connectivity index (χ1v) is 7.68. The number of nitrogens with one attached hydrogen (secondary N) is 2. The molecule has 2 rings (SSSR count). The Labute approximate surface area is 132 Å². The smallest absolute Gasteiger partial charge is 0.0563 e. The maximum absolute atomic E-state index is 4.27. The lowest BCUT2D eigenvalue weighted by Crippen LogP contribution is -2.21. The van der Waals surface area contributed by atoms with Gasteiger partial charge in [0.15, 0.2) is 0 Å². The lowest BCUT2D eigenvalue weighted by molar-refractivity contribution is 0.866. The van der Waals surface area contributed by atoms with Crippen LogP contribution in [0.4, 0.5) is 17.1 Å². The molecule has 4 heteroatoms. The van der Waals surface area contributed by atoms with Crippen LogP contribution < -0.4 is 15.6 Å². The van der Waals surface area contributed by atoms with Gasteiger partial charge in [-0.05, 0) is 55.8 Å². The molecule has 0 saturated heterocycles. The second-order valence-electron chi connectivity index (χ2n) is 4.96. The Hall–Kier alpha value is -2.49. The van der Waals surface area contributed by atoms with E-state index in [9.17, 15) is 0 Å². The minimum atomic E-state index is 0.968. The third-order valence-electron chi connectivity index (χ3n) is 3.60. The molecule has 0 aromatic heterocycles. The van der Waals surface area contributed by atoms with Crippen LogP contribution in [-0.4, -0.2) is 26.4 Å². The molecule has 0 aliphatic carbocycles. The van der Waals surface area contributed by atoms with Crippen LogP contribution in [0.5, 0.6) is 0 Å². The van der Waals surface area contributed by atoms with Crippen molar-refractivity contribution in [2.75, 3.05) is 35.8 Å². The first-order valence-electron chi connectivity index (χ1n) is 7.68. The molecule has 0 aliphatic rings. The first-order chi connectivity index (χ1) is 10.8. The van der Waals surface area contributed by atoms with Crippen LogP contribution in [0.25, 0.3) is 0 Å². The van der Waals surface area contributed by atoms with Gasteiger partial charge in [0.1, 0.15) is 0 Å². The van der Waals surface area contributed by atoms with Gasteiger partial charge >= 0.3 is 0 Å². The highest BCUT2D eigenvalue weighted by atomic mass is 15.3. The number of nitrogens with zero attached hydrogens (tertiary/aromatic N) is 2. The summed E-state index contributed by atoms with van der Waals surface area (Å²) in [4.78, 5) is 2.32. The molecule has 0 fully saturated rings. The zero-order valence-corrected chi connectivity index (χ0v) is 13.5. The lowest BCUT2D eigenvalue weighted by atomic mass is 10.2. The van der Waals surface area contributed by atoms with Crippen LogP contribution in [0.2, 0.25) is 0 Å². The Kier molecular flexibility index (Phi) is 5.83. The third-order valence-corrected chi connectivity index (χ3v) is 3.60. The van der Waals surface area contributed by atoms with E-state index < -0.39 is 0 Å². The van der Waals surface area contributed by atoms with Gasteiger partial charge in [0.05, 0.1) is 11.9 Å². The van der Waals surface area contributed by atoms with Gasteiger partial charge in [-0.15, -0.1) is 0 Å². The van der Waals surface area contributed by atoms with E-state index >= 15 is 0 Å².